The maximum absolute atomic E-state index is 14.4. The standard InChI is InChI=1S/C38H49ClN4O6S/c1-24-7-5-9-32(47-3)29-13-10-27(29)20-43-22-38(16-6-8-25-17-28(39)12-14-30(25)38)23-49-33-15-11-26(18-31(33)43)35(44)41-50(46,21-24)42-36(45)40-34-19-37(34,2)48-4/h5,9,11-12,14-15,17-18,24,27,29,32,34H,6-8,10,13,16,19-23H2,1-4H3,(H2,40,41,42,44,45,46)/b9-5+/t24-,27-,29+,32-,34?,37-,38-,50?/m0/s1. The van der Waals surface area contributed by atoms with Crippen LogP contribution in [0.3, 0.4) is 0 Å². The van der Waals surface area contributed by atoms with Crippen LogP contribution < -0.4 is 19.7 Å². The molecule has 2 bridgehead atoms. The van der Waals surface area contributed by atoms with E-state index in [0.717, 1.165) is 55.9 Å². The van der Waals surface area contributed by atoms with Crippen LogP contribution in [0, 0.1) is 17.8 Å². The normalized spacial score (nSPS) is 35.7. The van der Waals surface area contributed by atoms with E-state index < -0.39 is 27.5 Å². The lowest BCUT2D eigenvalue weighted by Crippen LogP contribution is -2.49. The smallest absolute Gasteiger partial charge is 0.327 e. The molecular formula is C38H49ClN4O6S. The molecule has 2 aromatic carbocycles. The van der Waals surface area contributed by atoms with E-state index in [-0.39, 0.29) is 29.2 Å². The summed E-state index contributed by atoms with van der Waals surface area (Å²) in [5, 5.41) is 3.58. The van der Waals surface area contributed by atoms with Crippen molar-refractivity contribution in [1.29, 1.82) is 0 Å². The summed E-state index contributed by atoms with van der Waals surface area (Å²) in [6.07, 6.45) is 10.5. The summed E-state index contributed by atoms with van der Waals surface area (Å²) in [5.41, 5.74) is 2.94. The summed E-state index contributed by atoms with van der Waals surface area (Å²) in [6.45, 7) is 5.87. The molecule has 2 heterocycles. The lowest BCUT2D eigenvalue weighted by Gasteiger charge is -2.46. The molecule has 1 spiro atoms. The second-order valence-electron chi connectivity index (χ2n) is 15.3. The van der Waals surface area contributed by atoms with Gasteiger partial charge in [0.05, 0.1) is 35.8 Å². The van der Waals surface area contributed by atoms with Gasteiger partial charge in [0.25, 0.3) is 5.91 Å². The molecule has 50 heavy (non-hydrogen) atoms. The maximum Gasteiger partial charge on any atom is 0.327 e. The Kier molecular flexibility index (Phi) is 9.73. The minimum atomic E-state index is -3.50. The third kappa shape index (κ3) is 7.03. The number of nitrogens with zero attached hydrogens (tertiary/aromatic N) is 2. The average molecular weight is 725 g/mol. The molecule has 5 aliphatic rings. The Morgan fingerprint density at radius 3 is 2.76 bits per heavy atom. The topological polar surface area (TPSA) is 119 Å². The molecule has 2 aromatic rings. The molecule has 7 rings (SSSR count). The number of carbonyl (C=O) groups excluding carboxylic acids is 2. The van der Waals surface area contributed by atoms with Crippen molar-refractivity contribution in [1.82, 2.24) is 10.0 Å². The van der Waals surface area contributed by atoms with Crippen molar-refractivity contribution in [3.05, 3.63) is 70.3 Å². The van der Waals surface area contributed by atoms with Crippen molar-refractivity contribution in [2.45, 2.75) is 82.0 Å². The summed E-state index contributed by atoms with van der Waals surface area (Å²) in [5.74, 6) is 0.677. The molecule has 0 saturated heterocycles. The number of amides is 3. The lowest BCUT2D eigenvalue weighted by molar-refractivity contribution is 0.0131. The van der Waals surface area contributed by atoms with Crippen LogP contribution in [-0.2, 0) is 31.2 Å². The van der Waals surface area contributed by atoms with Crippen LogP contribution in [0.5, 0.6) is 5.75 Å². The van der Waals surface area contributed by atoms with Crippen LogP contribution in [0.4, 0.5) is 10.5 Å². The number of rotatable bonds is 4. The van der Waals surface area contributed by atoms with Gasteiger partial charge in [0.1, 0.15) is 15.7 Å². The van der Waals surface area contributed by atoms with E-state index in [0.29, 0.717) is 42.6 Å². The first-order chi connectivity index (χ1) is 23.9. The van der Waals surface area contributed by atoms with Gasteiger partial charge in [0.15, 0.2) is 0 Å². The van der Waals surface area contributed by atoms with E-state index in [9.17, 15) is 13.8 Å². The molecule has 0 radical (unpaired) electrons. The molecular weight excluding hydrogens is 676 g/mol. The van der Waals surface area contributed by atoms with Crippen molar-refractivity contribution in [3.63, 3.8) is 0 Å². The molecule has 2 aliphatic heterocycles. The number of anilines is 1. The van der Waals surface area contributed by atoms with E-state index in [1.807, 2.05) is 32.0 Å². The van der Waals surface area contributed by atoms with Crippen LogP contribution in [0.2, 0.25) is 5.02 Å². The number of urea groups is 1. The minimum absolute atomic E-state index is 0.0124. The van der Waals surface area contributed by atoms with Gasteiger partial charge in [-0.25, -0.2) is 9.00 Å². The number of halogens is 1. The van der Waals surface area contributed by atoms with Crippen molar-refractivity contribution >= 4 is 39.1 Å². The summed E-state index contributed by atoms with van der Waals surface area (Å²) in [7, 11) is -0.140. The number of carbonyl (C=O) groups is 2. The Morgan fingerprint density at radius 1 is 1.18 bits per heavy atom. The van der Waals surface area contributed by atoms with Crippen molar-refractivity contribution in [2.75, 3.05) is 44.6 Å². The van der Waals surface area contributed by atoms with Gasteiger partial charge in [0.2, 0.25) is 0 Å². The number of methoxy groups -OCH3 is 2. The van der Waals surface area contributed by atoms with Crippen LogP contribution in [-0.4, -0.2) is 73.6 Å². The van der Waals surface area contributed by atoms with E-state index >= 15 is 0 Å². The monoisotopic (exact) mass is 724 g/mol. The van der Waals surface area contributed by atoms with Gasteiger partial charge < -0.3 is 24.4 Å². The molecule has 2 N–H and O–H groups in total. The third-order valence-corrected chi connectivity index (χ3v) is 13.9. The first-order valence-electron chi connectivity index (χ1n) is 17.9. The minimum Gasteiger partial charge on any atom is -0.490 e. The van der Waals surface area contributed by atoms with E-state index in [2.05, 4.69) is 43.6 Å². The fraction of sp³-hybridized carbons (Fsp3) is 0.579. The van der Waals surface area contributed by atoms with Gasteiger partial charge in [-0.05, 0) is 105 Å². The van der Waals surface area contributed by atoms with E-state index in [4.69, 9.17) is 25.8 Å². The predicted octanol–water partition coefficient (Wildman–Crippen LogP) is 6.45. The molecule has 12 heteroatoms. The van der Waals surface area contributed by atoms with Gasteiger partial charge >= 0.3 is 6.03 Å². The first-order valence-corrected chi connectivity index (χ1v) is 19.9. The number of ether oxygens (including phenoxy) is 3. The zero-order chi connectivity index (χ0) is 35.3. The number of hydrogen-bond donors (Lipinski definition) is 2. The number of fused-ring (bicyclic) bond motifs is 4. The molecule has 2 fully saturated rings. The van der Waals surface area contributed by atoms with Gasteiger partial charge in [-0.3, -0.25) is 9.52 Å². The summed E-state index contributed by atoms with van der Waals surface area (Å²) >= 11 is 6.45. The molecule has 10 nitrogen and oxygen atoms in total. The first kappa shape index (κ1) is 35.3. The second kappa shape index (κ2) is 13.8. The van der Waals surface area contributed by atoms with Crippen molar-refractivity contribution in [3.8, 4) is 5.75 Å². The largest absolute Gasteiger partial charge is 0.490 e. The van der Waals surface area contributed by atoms with Crippen molar-refractivity contribution < 1.29 is 28.0 Å². The molecule has 3 aliphatic carbocycles. The number of nitrogens with one attached hydrogen (secondary N) is 2. The number of allylic oxidation sites excluding steroid dienone is 1. The quantitative estimate of drug-likeness (QED) is 0.348. The molecule has 0 aromatic heterocycles. The van der Waals surface area contributed by atoms with Crippen LogP contribution in [0.15, 0.2) is 52.9 Å². The summed E-state index contributed by atoms with van der Waals surface area (Å²) < 4.78 is 39.4. The third-order valence-electron chi connectivity index (χ3n) is 11.7. The predicted molar refractivity (Wildman–Crippen MR) is 195 cm³/mol. The number of aryl methyl sites for hydroxylation is 1. The maximum atomic E-state index is 14.4. The molecule has 270 valence electrons. The highest BCUT2D eigenvalue weighted by atomic mass is 35.5. The zero-order valence-electron chi connectivity index (χ0n) is 29.4. The van der Waals surface area contributed by atoms with E-state index in [1.54, 1.807) is 20.3 Å². The Bertz CT molecular complexity index is 1810. The highest BCUT2D eigenvalue weighted by Crippen LogP contribution is 2.47. The Hall–Kier alpha value is -3.12. The fourth-order valence-electron chi connectivity index (χ4n) is 8.48. The highest BCUT2D eigenvalue weighted by Gasteiger charge is 2.52. The molecule has 8 atom stereocenters. The number of benzene rings is 2. The van der Waals surface area contributed by atoms with Gasteiger partial charge in [0, 0.05) is 49.7 Å². The number of hydrogen-bond acceptors (Lipinski definition) is 7. The Labute approximate surface area is 300 Å². The molecule has 2 saturated carbocycles. The summed E-state index contributed by atoms with van der Waals surface area (Å²) in [4.78, 5) is 29.4. The van der Waals surface area contributed by atoms with Crippen LogP contribution in [0.1, 0.15) is 73.9 Å². The molecule has 2 unspecified atom stereocenters. The Balaban J connectivity index is 1.27. The SMILES string of the molecule is CO[C@H]1/C=C/C[C@H](C)CS(=O)(NC(=O)NC2C[C@]2(C)OC)=NC(=O)c2ccc3c(c2)N(C[C@@H]2CC[C@H]21)C[C@@]1(CCCc2cc(Cl)ccc21)CO3. The van der Waals surface area contributed by atoms with Crippen molar-refractivity contribution in [2.24, 2.45) is 22.1 Å². The van der Waals surface area contributed by atoms with Crippen LogP contribution in [0.25, 0.3) is 0 Å². The van der Waals surface area contributed by atoms with Crippen LogP contribution >= 0.6 is 11.6 Å². The lowest BCUT2D eigenvalue weighted by atomic mass is 9.68. The average Bonchev–Trinajstić information content (AvgIpc) is 3.75. The zero-order valence-corrected chi connectivity index (χ0v) is 31.0. The highest BCUT2D eigenvalue weighted by molar-refractivity contribution is 7.92. The van der Waals surface area contributed by atoms with E-state index in [1.165, 1.54) is 11.1 Å². The van der Waals surface area contributed by atoms with Gasteiger partial charge in [-0.2, -0.15) is 0 Å². The van der Waals surface area contributed by atoms with Gasteiger partial charge in [-0.1, -0.05) is 36.7 Å². The molecule has 3 amide bonds. The summed E-state index contributed by atoms with van der Waals surface area (Å²) in [6, 6.07) is 10.7. The Morgan fingerprint density at radius 2 is 2.02 bits per heavy atom. The second-order valence-corrected chi connectivity index (χ2v) is 17.7. The fourth-order valence-corrected chi connectivity index (χ4v) is 10.5. The van der Waals surface area contributed by atoms with Gasteiger partial charge in [-0.15, -0.1) is 4.36 Å².